The average Bonchev–Trinajstić information content (AvgIpc) is 3.25. The van der Waals surface area contributed by atoms with Gasteiger partial charge in [0.25, 0.3) is 0 Å². The van der Waals surface area contributed by atoms with Crippen LogP contribution in [-0.2, 0) is 27.3 Å². The molecule has 0 N–H and O–H groups in total. The molecule has 0 spiro atoms. The highest BCUT2D eigenvalue weighted by Gasteiger charge is 2.22. The normalized spacial score (nSPS) is 10.7. The van der Waals surface area contributed by atoms with Crippen LogP contribution in [0.1, 0.15) is 28.2 Å². The number of amides is 2. The molecule has 0 radical (unpaired) electrons. The molecule has 0 unspecified atom stereocenters. The van der Waals surface area contributed by atoms with E-state index in [0.717, 1.165) is 10.4 Å². The van der Waals surface area contributed by atoms with Gasteiger partial charge >= 0.3 is 0 Å². The fourth-order valence-electron chi connectivity index (χ4n) is 3.54. The number of methoxy groups -OCH3 is 3. The van der Waals surface area contributed by atoms with E-state index < -0.39 is 0 Å². The molecule has 0 saturated heterocycles. The van der Waals surface area contributed by atoms with Crippen LogP contribution in [0.5, 0.6) is 11.5 Å². The summed E-state index contributed by atoms with van der Waals surface area (Å²) in [6.07, 6.45) is 1.51. The van der Waals surface area contributed by atoms with Crippen molar-refractivity contribution in [3.05, 3.63) is 45.6 Å². The number of carbonyl (C=O) groups is 2. The molecule has 0 aliphatic carbocycles. The Balaban J connectivity index is 2.15. The van der Waals surface area contributed by atoms with E-state index in [1.165, 1.54) is 4.88 Å². The van der Waals surface area contributed by atoms with Crippen LogP contribution in [0.2, 0.25) is 0 Å². The van der Waals surface area contributed by atoms with Gasteiger partial charge in [0, 0.05) is 48.9 Å². The second kappa shape index (κ2) is 14.9. The number of carbonyl (C=O) groups excluding carboxylic acids is 2. The highest BCUT2D eigenvalue weighted by molar-refractivity contribution is 7.11. The van der Waals surface area contributed by atoms with E-state index in [4.69, 9.17) is 25.8 Å². The molecular formula is C25H35ClN2O5S. The zero-order valence-electron chi connectivity index (χ0n) is 20.5. The molecule has 7 nitrogen and oxygen atoms in total. The van der Waals surface area contributed by atoms with Crippen LogP contribution < -0.4 is 9.47 Å². The number of halogens is 1. The number of hydrogen-bond acceptors (Lipinski definition) is 6. The predicted octanol–water partition coefficient (Wildman–Crippen LogP) is 4.14. The van der Waals surface area contributed by atoms with Crippen LogP contribution in [0.25, 0.3) is 0 Å². The number of thiophene rings is 1. The highest BCUT2D eigenvalue weighted by atomic mass is 35.5. The Morgan fingerprint density at radius 2 is 1.74 bits per heavy atom. The van der Waals surface area contributed by atoms with Crippen LogP contribution in [-0.4, -0.2) is 75.1 Å². The van der Waals surface area contributed by atoms with E-state index in [9.17, 15) is 9.59 Å². The third kappa shape index (κ3) is 8.81. The molecule has 0 bridgehead atoms. The first-order chi connectivity index (χ1) is 16.4. The monoisotopic (exact) mass is 510 g/mol. The van der Waals surface area contributed by atoms with Crippen LogP contribution in [0.4, 0.5) is 0 Å². The molecule has 0 aliphatic heterocycles. The third-order valence-electron chi connectivity index (χ3n) is 5.38. The molecule has 2 rings (SSSR count). The van der Waals surface area contributed by atoms with Crippen LogP contribution in [0, 0.1) is 6.92 Å². The molecule has 1 heterocycles. The number of alkyl halides is 1. The third-order valence-corrected chi connectivity index (χ3v) is 6.55. The number of ether oxygens (including phenoxy) is 3. The lowest BCUT2D eigenvalue weighted by Gasteiger charge is -2.27. The summed E-state index contributed by atoms with van der Waals surface area (Å²) in [5, 5.41) is 0. The fraction of sp³-hybridized carbons (Fsp3) is 0.520. The zero-order valence-corrected chi connectivity index (χ0v) is 22.0. The Hall–Kier alpha value is -2.29. The number of hydrogen-bond donors (Lipinski definition) is 0. The maximum absolute atomic E-state index is 13.4. The number of aryl methyl sites for hydroxylation is 1. The summed E-state index contributed by atoms with van der Waals surface area (Å²) in [6, 6.07) is 9.87. The van der Waals surface area contributed by atoms with E-state index in [2.05, 4.69) is 6.07 Å². The lowest BCUT2D eigenvalue weighted by Crippen LogP contribution is -2.44. The van der Waals surface area contributed by atoms with Gasteiger partial charge in [0.15, 0.2) is 11.5 Å². The maximum atomic E-state index is 13.4. The quantitative estimate of drug-likeness (QED) is 0.266. The molecule has 9 heteroatoms. The van der Waals surface area contributed by atoms with E-state index in [1.807, 2.05) is 36.1 Å². The van der Waals surface area contributed by atoms with Gasteiger partial charge in [-0.1, -0.05) is 6.07 Å². The lowest BCUT2D eigenvalue weighted by molar-refractivity contribution is -0.140. The van der Waals surface area contributed by atoms with Crippen LogP contribution in [0.15, 0.2) is 30.3 Å². The van der Waals surface area contributed by atoms with Gasteiger partial charge in [0.1, 0.15) is 0 Å². The van der Waals surface area contributed by atoms with E-state index in [1.54, 1.807) is 37.6 Å². The highest BCUT2D eigenvalue weighted by Crippen LogP contribution is 2.28. The standard InChI is InChI=1S/C25H35ClN2O5S/c1-19-6-8-21(34-19)17-28(14-11-20-7-9-22(32-3)23(16-20)33-4)25(30)18-27(13-5-15-31-2)24(29)10-12-26/h6-9,16H,5,10-15,17-18H2,1-4H3. The Labute approximate surface area is 211 Å². The molecule has 0 fully saturated rings. The van der Waals surface area contributed by atoms with Crippen molar-refractivity contribution in [3.63, 3.8) is 0 Å². The number of rotatable bonds is 15. The van der Waals surface area contributed by atoms with Crippen molar-refractivity contribution in [2.45, 2.75) is 32.7 Å². The number of benzene rings is 1. The Bertz CT molecular complexity index is 920. The molecule has 2 amide bonds. The van der Waals surface area contributed by atoms with Crippen molar-refractivity contribution in [3.8, 4) is 11.5 Å². The van der Waals surface area contributed by atoms with Crippen molar-refractivity contribution >= 4 is 34.8 Å². The van der Waals surface area contributed by atoms with Gasteiger partial charge in [0.2, 0.25) is 11.8 Å². The maximum Gasteiger partial charge on any atom is 0.242 e. The Morgan fingerprint density at radius 1 is 0.971 bits per heavy atom. The van der Waals surface area contributed by atoms with Gasteiger partial charge in [-0.2, -0.15) is 0 Å². The summed E-state index contributed by atoms with van der Waals surface area (Å²) in [7, 11) is 4.83. The number of nitrogens with zero attached hydrogens (tertiary/aromatic N) is 2. The minimum Gasteiger partial charge on any atom is -0.493 e. The van der Waals surface area contributed by atoms with Gasteiger partial charge in [-0.25, -0.2) is 0 Å². The van der Waals surface area contributed by atoms with Crippen molar-refractivity contribution in [1.29, 1.82) is 0 Å². The molecule has 1 aromatic carbocycles. The van der Waals surface area contributed by atoms with Gasteiger partial charge in [0.05, 0.1) is 27.3 Å². The van der Waals surface area contributed by atoms with Crippen molar-refractivity contribution < 1.29 is 23.8 Å². The summed E-state index contributed by atoms with van der Waals surface area (Å²) in [5.41, 5.74) is 1.04. The molecular weight excluding hydrogens is 476 g/mol. The fourth-order valence-corrected chi connectivity index (χ4v) is 4.61. The van der Waals surface area contributed by atoms with Gasteiger partial charge in [-0.3, -0.25) is 9.59 Å². The summed E-state index contributed by atoms with van der Waals surface area (Å²) >= 11 is 7.46. The van der Waals surface area contributed by atoms with E-state index in [0.29, 0.717) is 50.6 Å². The predicted molar refractivity (Wildman–Crippen MR) is 136 cm³/mol. The van der Waals surface area contributed by atoms with Crippen molar-refractivity contribution in [2.24, 2.45) is 0 Å². The minimum absolute atomic E-state index is 0.0235. The lowest BCUT2D eigenvalue weighted by atomic mass is 10.1. The first-order valence-corrected chi connectivity index (χ1v) is 12.6. The molecule has 0 atom stereocenters. The molecule has 1 aromatic heterocycles. The largest absolute Gasteiger partial charge is 0.493 e. The summed E-state index contributed by atoms with van der Waals surface area (Å²) < 4.78 is 15.8. The smallest absolute Gasteiger partial charge is 0.242 e. The minimum atomic E-state index is -0.119. The van der Waals surface area contributed by atoms with Crippen molar-refractivity contribution in [2.75, 3.05) is 53.5 Å². The van der Waals surface area contributed by atoms with E-state index >= 15 is 0 Å². The van der Waals surface area contributed by atoms with Gasteiger partial charge in [-0.15, -0.1) is 22.9 Å². The molecule has 188 valence electrons. The zero-order chi connectivity index (χ0) is 24.9. The van der Waals surface area contributed by atoms with Crippen LogP contribution in [0.3, 0.4) is 0 Å². The summed E-state index contributed by atoms with van der Waals surface area (Å²) in [4.78, 5) is 31.7. The average molecular weight is 511 g/mol. The van der Waals surface area contributed by atoms with Gasteiger partial charge in [-0.05, 0) is 49.6 Å². The van der Waals surface area contributed by atoms with Crippen LogP contribution >= 0.6 is 22.9 Å². The molecule has 34 heavy (non-hydrogen) atoms. The van der Waals surface area contributed by atoms with E-state index in [-0.39, 0.29) is 30.7 Å². The Kier molecular flexibility index (Phi) is 12.2. The second-order valence-corrected chi connectivity index (χ2v) is 9.62. The SMILES string of the molecule is COCCCN(CC(=O)N(CCc1ccc(OC)c(OC)c1)Cc1ccc(C)s1)C(=O)CCCl. The second-order valence-electron chi connectivity index (χ2n) is 7.87. The summed E-state index contributed by atoms with van der Waals surface area (Å²) in [6.45, 7) is 4.07. The summed E-state index contributed by atoms with van der Waals surface area (Å²) in [5.74, 6) is 1.34. The molecule has 0 aliphatic rings. The van der Waals surface area contributed by atoms with Crippen molar-refractivity contribution in [1.82, 2.24) is 9.80 Å². The molecule has 0 saturated carbocycles. The molecule has 2 aromatic rings. The topological polar surface area (TPSA) is 68.3 Å². The first kappa shape index (κ1) is 28.0. The first-order valence-electron chi connectivity index (χ1n) is 11.3. The van der Waals surface area contributed by atoms with Gasteiger partial charge < -0.3 is 24.0 Å². The Morgan fingerprint density at radius 3 is 2.35 bits per heavy atom.